The number of carbonyl (C=O) groups is 11. The van der Waals surface area contributed by atoms with Crippen LogP contribution in [0, 0.1) is 0 Å². The maximum atomic E-state index is 13.9. The van der Waals surface area contributed by atoms with Crippen LogP contribution in [-0.4, -0.2) is 179 Å². The Labute approximate surface area is 725 Å². The molecule has 700 valence electrons. The number of nitrogens with one attached hydrogen (secondary N) is 10. The largest absolute Gasteiger partial charge is 0.368 e. The van der Waals surface area contributed by atoms with Crippen LogP contribution in [0.1, 0.15) is 392 Å². The zero-order chi connectivity index (χ0) is 88.4. The van der Waals surface area contributed by atoms with E-state index < -0.39 is 48.2 Å². The van der Waals surface area contributed by atoms with Gasteiger partial charge in [0.05, 0.1) is 0 Å². The Kier molecular flexibility index (Phi) is 79.4. The molecule has 0 aliphatic carbocycles. The predicted molar refractivity (Wildman–Crippen MR) is 486 cm³/mol. The van der Waals surface area contributed by atoms with E-state index >= 15 is 0 Å². The van der Waals surface area contributed by atoms with Gasteiger partial charge >= 0.3 is 0 Å². The van der Waals surface area contributed by atoms with Crippen LogP contribution in [0.5, 0.6) is 0 Å². The third-order valence-corrected chi connectivity index (χ3v) is 22.4. The fourth-order valence-corrected chi connectivity index (χ4v) is 14.8. The number of nitrogens with two attached hydrogens (primary N) is 9. The Morgan fingerprint density at radius 1 is 0.167 bits per heavy atom. The van der Waals surface area contributed by atoms with Gasteiger partial charge in [-0.15, -0.1) is 0 Å². The molecular weight excluding hydrogens is 1520 g/mol. The SMILES string of the molecule is NCCCCCCCCCCCC(=O)NC(CCCCN)C(=O)NC(CCCCN)C(=O)NCCCCCCCCCCCC(=O)NC(CCCCN)C(=O)NC(CCCCN)C(=O)NCCCCCCCCCCCC(=O)NC(CCCCN)C(=O)NC(CCCCN)C(=O)NCCCCCCCCCCCC(=O)NC(CCCCN)C(N)=O. The van der Waals surface area contributed by atoms with E-state index in [0.29, 0.717) is 213 Å². The number of amides is 11. The summed E-state index contributed by atoms with van der Waals surface area (Å²) >= 11 is 0. The van der Waals surface area contributed by atoms with Crippen molar-refractivity contribution >= 4 is 65.0 Å². The average molecular weight is 1700 g/mol. The Hall–Kier alpha value is -6.15. The molecule has 0 saturated carbocycles. The number of primary amides is 1. The fourth-order valence-electron chi connectivity index (χ4n) is 14.8. The fraction of sp³-hybridized carbons (Fsp3) is 0.878. The van der Waals surface area contributed by atoms with Crippen LogP contribution in [0.4, 0.5) is 0 Å². The van der Waals surface area contributed by atoms with Crippen LogP contribution in [-0.2, 0) is 52.7 Å². The minimum absolute atomic E-state index is 0.147. The van der Waals surface area contributed by atoms with Gasteiger partial charge in [-0.2, -0.15) is 0 Å². The second-order valence-corrected chi connectivity index (χ2v) is 33.4. The van der Waals surface area contributed by atoms with Gasteiger partial charge in [-0.3, -0.25) is 52.7 Å². The molecule has 0 aromatic rings. The molecule has 28 N–H and O–H groups in total. The molecule has 0 spiro atoms. The summed E-state index contributed by atoms with van der Waals surface area (Å²) in [6.45, 7) is 5.59. The Bertz CT molecular complexity index is 2580. The molecule has 0 aliphatic heterocycles. The van der Waals surface area contributed by atoms with Crippen molar-refractivity contribution in [1.82, 2.24) is 53.2 Å². The lowest BCUT2D eigenvalue weighted by Crippen LogP contribution is -2.53. The molecule has 7 atom stereocenters. The first-order chi connectivity index (χ1) is 58.3. The van der Waals surface area contributed by atoms with Crippen LogP contribution in [0.25, 0.3) is 0 Å². The first-order valence-corrected chi connectivity index (χ1v) is 48.2. The van der Waals surface area contributed by atoms with Crippen LogP contribution in [0.2, 0.25) is 0 Å². The van der Waals surface area contributed by atoms with Gasteiger partial charge in [0, 0.05) is 45.3 Å². The highest BCUT2D eigenvalue weighted by Gasteiger charge is 2.30. The van der Waals surface area contributed by atoms with Crippen molar-refractivity contribution in [1.29, 1.82) is 0 Å². The number of unbranched alkanes of at least 4 members (excludes halogenated alkanes) is 39. The lowest BCUT2D eigenvalue weighted by atomic mass is 10.0. The van der Waals surface area contributed by atoms with Gasteiger partial charge < -0.3 is 105 Å². The maximum absolute atomic E-state index is 13.9. The van der Waals surface area contributed by atoms with Crippen molar-refractivity contribution < 1.29 is 52.7 Å². The van der Waals surface area contributed by atoms with E-state index in [0.717, 1.165) is 225 Å². The molecule has 11 amide bonds. The quantitative estimate of drug-likeness (QED) is 0.0253. The molecule has 0 aliphatic rings. The maximum Gasteiger partial charge on any atom is 0.243 e. The zero-order valence-corrected chi connectivity index (χ0v) is 75.1. The van der Waals surface area contributed by atoms with Gasteiger partial charge in [0.2, 0.25) is 65.0 Å². The van der Waals surface area contributed by atoms with Gasteiger partial charge in [0.1, 0.15) is 42.3 Å². The smallest absolute Gasteiger partial charge is 0.243 e. The monoisotopic (exact) mass is 1700 g/mol. The highest BCUT2D eigenvalue weighted by atomic mass is 16.2. The molecule has 0 radical (unpaired) electrons. The molecule has 7 unspecified atom stereocenters. The third kappa shape index (κ3) is 68.3. The summed E-state index contributed by atoms with van der Waals surface area (Å²) < 4.78 is 0. The van der Waals surface area contributed by atoms with E-state index in [1.54, 1.807) is 0 Å². The molecule has 0 fully saturated rings. The van der Waals surface area contributed by atoms with Crippen molar-refractivity contribution in [2.75, 3.05) is 72.0 Å². The molecule has 0 aromatic carbocycles. The van der Waals surface area contributed by atoms with E-state index in [1.165, 1.54) is 25.7 Å². The van der Waals surface area contributed by atoms with Crippen molar-refractivity contribution in [3.8, 4) is 0 Å². The Morgan fingerprint density at radius 2 is 0.317 bits per heavy atom. The molecule has 30 nitrogen and oxygen atoms in total. The average Bonchev–Trinajstić information content (AvgIpc) is 0.894. The molecule has 0 saturated heterocycles. The topological polar surface area (TPSA) is 542 Å². The minimum Gasteiger partial charge on any atom is -0.368 e. The normalized spacial score (nSPS) is 13.1. The lowest BCUT2D eigenvalue weighted by molar-refractivity contribution is -0.132. The molecule has 30 heteroatoms. The van der Waals surface area contributed by atoms with Crippen molar-refractivity contribution in [2.45, 2.75) is 434 Å². The van der Waals surface area contributed by atoms with E-state index in [9.17, 15) is 52.7 Å². The van der Waals surface area contributed by atoms with Crippen molar-refractivity contribution in [3.63, 3.8) is 0 Å². The molecular formula is C90H179N19O11. The highest BCUT2D eigenvalue weighted by molar-refractivity contribution is 5.94. The molecule has 0 heterocycles. The number of carbonyl (C=O) groups excluding carboxylic acids is 11. The van der Waals surface area contributed by atoms with Crippen LogP contribution in [0.3, 0.4) is 0 Å². The molecule has 120 heavy (non-hydrogen) atoms. The minimum atomic E-state index is -0.795. The number of hydrogen-bond acceptors (Lipinski definition) is 19. The highest BCUT2D eigenvalue weighted by Crippen LogP contribution is 2.18. The Morgan fingerprint density at radius 3 is 0.508 bits per heavy atom. The van der Waals surface area contributed by atoms with Crippen LogP contribution < -0.4 is 105 Å². The van der Waals surface area contributed by atoms with E-state index in [2.05, 4.69) is 53.2 Å². The summed E-state index contributed by atoms with van der Waals surface area (Å²) in [5.74, 6) is -3.04. The van der Waals surface area contributed by atoms with Crippen molar-refractivity contribution in [2.24, 2.45) is 51.6 Å². The van der Waals surface area contributed by atoms with Gasteiger partial charge in [0.15, 0.2) is 0 Å². The summed E-state index contributed by atoms with van der Waals surface area (Å²) in [6, 6.07) is -5.22. The summed E-state index contributed by atoms with van der Waals surface area (Å²) in [7, 11) is 0. The summed E-state index contributed by atoms with van der Waals surface area (Å²) in [4.78, 5) is 146. The molecule has 0 rings (SSSR count). The summed E-state index contributed by atoms with van der Waals surface area (Å²) in [6.07, 6.45) is 49.7. The van der Waals surface area contributed by atoms with E-state index in [4.69, 9.17) is 51.6 Å². The number of rotatable bonds is 89. The second-order valence-electron chi connectivity index (χ2n) is 33.4. The summed E-state index contributed by atoms with van der Waals surface area (Å²) in [5.41, 5.74) is 51.4. The second kappa shape index (κ2) is 83.7. The molecule has 0 aromatic heterocycles. The zero-order valence-electron chi connectivity index (χ0n) is 75.1. The van der Waals surface area contributed by atoms with Gasteiger partial charge in [0.25, 0.3) is 0 Å². The summed E-state index contributed by atoms with van der Waals surface area (Å²) in [5, 5.41) is 29.6. The van der Waals surface area contributed by atoms with E-state index in [-0.39, 0.29) is 59.1 Å². The van der Waals surface area contributed by atoms with E-state index in [1.807, 2.05) is 0 Å². The van der Waals surface area contributed by atoms with Crippen LogP contribution >= 0.6 is 0 Å². The van der Waals surface area contributed by atoms with Crippen molar-refractivity contribution in [3.05, 3.63) is 0 Å². The van der Waals surface area contributed by atoms with Gasteiger partial charge in [-0.25, -0.2) is 0 Å². The Balaban J connectivity index is 4.85. The predicted octanol–water partition coefficient (Wildman–Crippen LogP) is 8.68. The lowest BCUT2D eigenvalue weighted by Gasteiger charge is -2.23. The van der Waals surface area contributed by atoms with Crippen LogP contribution in [0.15, 0.2) is 0 Å². The van der Waals surface area contributed by atoms with Gasteiger partial charge in [-0.1, -0.05) is 180 Å². The first-order valence-electron chi connectivity index (χ1n) is 48.2. The first kappa shape index (κ1) is 114. The molecule has 0 bridgehead atoms. The van der Waals surface area contributed by atoms with Gasteiger partial charge in [-0.05, 0) is 239 Å². The third-order valence-electron chi connectivity index (χ3n) is 22.4. The standard InChI is InChI=1S/C90H179N19O11/c91-62-40-25-17-9-1-5-13-22-30-59-81(111)104-77(55-37-45-67-96)88(118)107-74(52-34-42-64-93)86(116)101-71-49-27-19-11-3-7-15-24-32-61-83(113)106-79(57-39-47-69-98)90(120)109-76(54-36-44-66-95)87(117)102-72-50-28-20-12-4-8-16-23-31-60-82(112)105-78(56-38-46-68-97)89(119)108-75(53-35-43-65-94)85(115)100-70-48-26-18-10-2-6-14-21-29-58-80(110)103-73(84(99)114)51-33-41-63-92/h73-79H,1-72,91-98H2,(H2,99,114)(H,100,115)(H,101,116)(H,102,117)(H,103,110)(H,104,111)(H,105,112)(H,106,113)(H,107,118)(H,108,119)(H,109,120). The number of hydrogen-bond donors (Lipinski definition) is 19.